The normalized spacial score (nSPS) is 37.0. The van der Waals surface area contributed by atoms with Crippen LogP contribution in [0, 0.1) is 5.92 Å². The lowest BCUT2D eigenvalue weighted by molar-refractivity contribution is 0.109. The molecule has 3 heteroatoms. The average molecular weight is 248 g/mol. The molecular weight excluding hydrogens is 224 g/mol. The van der Waals surface area contributed by atoms with E-state index >= 15 is 0 Å². The van der Waals surface area contributed by atoms with E-state index in [0.29, 0.717) is 12.1 Å². The molecule has 1 aliphatic carbocycles. The molecule has 2 aliphatic heterocycles. The van der Waals surface area contributed by atoms with Gasteiger partial charge < -0.3 is 4.74 Å². The van der Waals surface area contributed by atoms with Crippen molar-refractivity contribution < 1.29 is 4.74 Å². The van der Waals surface area contributed by atoms with E-state index in [4.69, 9.17) is 4.74 Å². The molecular formula is C15H24N2O. The van der Waals surface area contributed by atoms with Gasteiger partial charge in [-0.05, 0) is 26.4 Å². The lowest BCUT2D eigenvalue weighted by Crippen LogP contribution is -2.33. The second-order valence-corrected chi connectivity index (χ2v) is 5.87. The zero-order chi connectivity index (χ0) is 12.5. The Morgan fingerprint density at radius 1 is 1.33 bits per heavy atom. The molecule has 3 unspecified atom stereocenters. The third kappa shape index (κ3) is 2.27. The number of fused-ring (bicyclic) bond motifs is 1. The third-order valence-electron chi connectivity index (χ3n) is 4.78. The van der Waals surface area contributed by atoms with E-state index < -0.39 is 0 Å². The van der Waals surface area contributed by atoms with Gasteiger partial charge in [-0.15, -0.1) is 0 Å². The summed E-state index contributed by atoms with van der Waals surface area (Å²) in [7, 11) is 4.08. The summed E-state index contributed by atoms with van der Waals surface area (Å²) in [6.07, 6.45) is 9.92. The van der Waals surface area contributed by atoms with E-state index in [2.05, 4.69) is 35.1 Å². The molecule has 0 amide bonds. The third-order valence-corrected chi connectivity index (χ3v) is 4.78. The van der Waals surface area contributed by atoms with Gasteiger partial charge in [0, 0.05) is 38.7 Å². The number of rotatable bonds is 3. The van der Waals surface area contributed by atoms with Crippen LogP contribution in [0.25, 0.3) is 0 Å². The molecule has 2 fully saturated rings. The Balaban J connectivity index is 1.63. The van der Waals surface area contributed by atoms with E-state index in [-0.39, 0.29) is 0 Å². The van der Waals surface area contributed by atoms with Crippen molar-refractivity contribution in [2.24, 2.45) is 5.92 Å². The first-order chi connectivity index (χ1) is 8.78. The van der Waals surface area contributed by atoms with Gasteiger partial charge in [-0.1, -0.05) is 23.8 Å². The largest absolute Gasteiger partial charge is 0.380 e. The van der Waals surface area contributed by atoms with Crippen molar-refractivity contribution in [3.63, 3.8) is 0 Å². The fraction of sp³-hybridized carbons (Fsp3) is 0.733. The number of hydrogen-bond donors (Lipinski definition) is 0. The van der Waals surface area contributed by atoms with Gasteiger partial charge in [0.1, 0.15) is 0 Å². The van der Waals surface area contributed by atoms with Crippen molar-refractivity contribution in [2.75, 3.05) is 40.3 Å². The maximum atomic E-state index is 5.45. The van der Waals surface area contributed by atoms with Gasteiger partial charge in [-0.2, -0.15) is 0 Å². The minimum Gasteiger partial charge on any atom is -0.380 e. The number of methoxy groups -OCH3 is 1. The number of likely N-dealkylation sites (tertiary alicyclic amines) is 2. The fourth-order valence-corrected chi connectivity index (χ4v) is 3.63. The van der Waals surface area contributed by atoms with Gasteiger partial charge in [-0.25, -0.2) is 0 Å². The van der Waals surface area contributed by atoms with E-state index in [1.807, 2.05) is 7.11 Å². The zero-order valence-electron chi connectivity index (χ0n) is 11.5. The minimum atomic E-state index is 0.451. The van der Waals surface area contributed by atoms with Crippen molar-refractivity contribution in [1.82, 2.24) is 9.80 Å². The van der Waals surface area contributed by atoms with Crippen LogP contribution >= 0.6 is 0 Å². The SMILES string of the molecule is COC1CCN(CC2=CC=CC3C2CCN3C)C1. The lowest BCUT2D eigenvalue weighted by atomic mass is 9.87. The molecule has 0 saturated carbocycles. The topological polar surface area (TPSA) is 15.7 Å². The van der Waals surface area contributed by atoms with Crippen LogP contribution in [0.15, 0.2) is 23.8 Å². The molecule has 100 valence electrons. The fourth-order valence-electron chi connectivity index (χ4n) is 3.63. The summed E-state index contributed by atoms with van der Waals surface area (Å²) in [5, 5.41) is 0. The van der Waals surface area contributed by atoms with Crippen molar-refractivity contribution in [1.29, 1.82) is 0 Å². The predicted molar refractivity (Wildman–Crippen MR) is 73.6 cm³/mol. The molecule has 0 N–H and O–H groups in total. The van der Waals surface area contributed by atoms with Gasteiger partial charge in [-0.3, -0.25) is 9.80 Å². The maximum Gasteiger partial charge on any atom is 0.0710 e. The van der Waals surface area contributed by atoms with Crippen molar-refractivity contribution in [3.05, 3.63) is 23.8 Å². The number of nitrogens with zero attached hydrogens (tertiary/aromatic N) is 2. The first-order valence-electron chi connectivity index (χ1n) is 7.10. The van der Waals surface area contributed by atoms with Crippen LogP contribution in [0.4, 0.5) is 0 Å². The smallest absolute Gasteiger partial charge is 0.0710 e. The molecule has 0 bridgehead atoms. The second kappa shape index (κ2) is 5.16. The Bertz CT molecular complexity index is 364. The van der Waals surface area contributed by atoms with E-state index in [9.17, 15) is 0 Å². The Morgan fingerprint density at radius 2 is 2.22 bits per heavy atom. The molecule has 0 spiro atoms. The first kappa shape index (κ1) is 12.4. The van der Waals surface area contributed by atoms with Gasteiger partial charge in [0.25, 0.3) is 0 Å². The summed E-state index contributed by atoms with van der Waals surface area (Å²) in [5.74, 6) is 0.751. The standard InChI is InChI=1S/C15H24N2O/c1-16-8-7-14-12(4-3-5-15(14)16)10-17-9-6-13(11-17)18-2/h3-5,13-15H,6-11H2,1-2H3. The minimum absolute atomic E-state index is 0.451. The molecule has 3 aliphatic rings. The van der Waals surface area contributed by atoms with Crippen LogP contribution in [0.3, 0.4) is 0 Å². The zero-order valence-corrected chi connectivity index (χ0v) is 11.5. The molecule has 3 nitrogen and oxygen atoms in total. The van der Waals surface area contributed by atoms with Gasteiger partial charge in [0.05, 0.1) is 6.10 Å². The summed E-state index contributed by atoms with van der Waals surface area (Å²) in [4.78, 5) is 5.03. The Hall–Kier alpha value is -0.640. The van der Waals surface area contributed by atoms with E-state index in [1.54, 1.807) is 5.57 Å². The quantitative estimate of drug-likeness (QED) is 0.753. The van der Waals surface area contributed by atoms with Crippen LogP contribution in [0.1, 0.15) is 12.8 Å². The molecule has 2 saturated heterocycles. The molecule has 0 aromatic heterocycles. The first-order valence-corrected chi connectivity index (χ1v) is 7.10. The van der Waals surface area contributed by atoms with Crippen molar-refractivity contribution in [3.8, 4) is 0 Å². The van der Waals surface area contributed by atoms with E-state index in [1.165, 1.54) is 25.9 Å². The van der Waals surface area contributed by atoms with Gasteiger partial charge in [0.15, 0.2) is 0 Å². The highest BCUT2D eigenvalue weighted by molar-refractivity contribution is 5.28. The average Bonchev–Trinajstić information content (AvgIpc) is 2.98. The van der Waals surface area contributed by atoms with Crippen LogP contribution in [-0.4, -0.2) is 62.3 Å². The number of likely N-dealkylation sites (N-methyl/N-ethyl adjacent to an activating group) is 1. The van der Waals surface area contributed by atoms with Crippen LogP contribution < -0.4 is 0 Å². The van der Waals surface area contributed by atoms with Crippen LogP contribution in [0.5, 0.6) is 0 Å². The number of hydrogen-bond acceptors (Lipinski definition) is 3. The van der Waals surface area contributed by atoms with Crippen molar-refractivity contribution in [2.45, 2.75) is 25.0 Å². The monoisotopic (exact) mass is 248 g/mol. The molecule has 3 rings (SSSR count). The highest BCUT2D eigenvalue weighted by Gasteiger charge is 2.34. The van der Waals surface area contributed by atoms with Gasteiger partial charge in [0.2, 0.25) is 0 Å². The maximum absolute atomic E-state index is 5.45. The van der Waals surface area contributed by atoms with Crippen LogP contribution in [-0.2, 0) is 4.74 Å². The Kier molecular flexibility index (Phi) is 3.55. The lowest BCUT2D eigenvalue weighted by Gasteiger charge is -2.29. The van der Waals surface area contributed by atoms with Gasteiger partial charge >= 0.3 is 0 Å². The molecule has 18 heavy (non-hydrogen) atoms. The molecule has 0 aromatic carbocycles. The highest BCUT2D eigenvalue weighted by atomic mass is 16.5. The molecule has 0 radical (unpaired) electrons. The number of ether oxygens (including phenoxy) is 1. The predicted octanol–water partition coefficient (Wildman–Crippen LogP) is 1.52. The van der Waals surface area contributed by atoms with E-state index in [0.717, 1.165) is 19.0 Å². The Labute approximate surface area is 110 Å². The number of allylic oxidation sites excluding steroid dienone is 2. The molecule has 0 aromatic rings. The van der Waals surface area contributed by atoms with Crippen LogP contribution in [0.2, 0.25) is 0 Å². The summed E-state index contributed by atoms with van der Waals surface area (Å²) < 4.78 is 5.45. The molecule has 2 heterocycles. The van der Waals surface area contributed by atoms with Crippen molar-refractivity contribution >= 4 is 0 Å². The Morgan fingerprint density at radius 3 is 3.00 bits per heavy atom. The highest BCUT2D eigenvalue weighted by Crippen LogP contribution is 2.33. The second-order valence-electron chi connectivity index (χ2n) is 5.87. The molecule has 3 atom stereocenters. The summed E-state index contributed by atoms with van der Waals surface area (Å²) in [5.41, 5.74) is 1.63. The summed E-state index contributed by atoms with van der Waals surface area (Å²) in [6, 6.07) is 0.644. The summed E-state index contributed by atoms with van der Waals surface area (Å²) in [6.45, 7) is 4.66. The summed E-state index contributed by atoms with van der Waals surface area (Å²) >= 11 is 0.